The lowest BCUT2D eigenvalue weighted by Crippen LogP contribution is -2.57. The summed E-state index contributed by atoms with van der Waals surface area (Å²) in [6.07, 6.45) is 3.96. The normalized spacial score (nSPS) is 46.6. The highest BCUT2D eigenvalue weighted by Gasteiger charge is 2.38. The molecule has 1 N–H and O–H groups in total. The molecule has 0 radical (unpaired) electrons. The van der Waals surface area contributed by atoms with Crippen molar-refractivity contribution >= 4 is 0 Å². The number of rotatable bonds is 0. The van der Waals surface area contributed by atoms with Gasteiger partial charge in [0, 0.05) is 12.1 Å². The van der Waals surface area contributed by atoms with E-state index >= 15 is 0 Å². The topological polar surface area (TPSA) is 21.3 Å². The minimum absolute atomic E-state index is 0.337. The molecular weight excluding hydrogens is 162 g/mol. The number of hydrogen-bond donors (Lipinski definition) is 1. The molecule has 0 aromatic rings. The van der Waals surface area contributed by atoms with Gasteiger partial charge in [-0.05, 0) is 31.1 Å². The highest BCUT2D eigenvalue weighted by Crippen LogP contribution is 2.37. The van der Waals surface area contributed by atoms with Crippen LogP contribution < -0.4 is 5.32 Å². The lowest BCUT2D eigenvalue weighted by atomic mass is 9.71. The van der Waals surface area contributed by atoms with Crippen LogP contribution in [0.25, 0.3) is 0 Å². The maximum Gasteiger partial charge on any atom is 0.0649 e. The first-order valence-corrected chi connectivity index (χ1v) is 5.55. The second-order valence-corrected chi connectivity index (χ2v) is 4.96. The molecule has 76 valence electrons. The predicted molar refractivity (Wildman–Crippen MR) is 53.7 cm³/mol. The van der Waals surface area contributed by atoms with E-state index in [0.717, 1.165) is 31.6 Å². The SMILES string of the molecule is CC1CCC2(COCCN2)CC1C. The van der Waals surface area contributed by atoms with E-state index in [-0.39, 0.29) is 0 Å². The van der Waals surface area contributed by atoms with Gasteiger partial charge < -0.3 is 10.1 Å². The second kappa shape index (κ2) is 3.58. The monoisotopic (exact) mass is 183 g/mol. The van der Waals surface area contributed by atoms with E-state index in [1.807, 2.05) is 0 Å². The number of morpholine rings is 1. The maximum atomic E-state index is 5.58. The molecule has 3 atom stereocenters. The number of hydrogen-bond acceptors (Lipinski definition) is 2. The van der Waals surface area contributed by atoms with Crippen LogP contribution in [-0.2, 0) is 4.74 Å². The van der Waals surface area contributed by atoms with Crippen molar-refractivity contribution in [2.75, 3.05) is 19.8 Å². The molecule has 2 fully saturated rings. The fourth-order valence-corrected chi connectivity index (χ4v) is 2.71. The van der Waals surface area contributed by atoms with Gasteiger partial charge in [-0.25, -0.2) is 0 Å². The van der Waals surface area contributed by atoms with Crippen molar-refractivity contribution in [1.82, 2.24) is 5.32 Å². The fraction of sp³-hybridized carbons (Fsp3) is 1.00. The molecular formula is C11H21NO. The predicted octanol–water partition coefficient (Wildman–Crippen LogP) is 1.80. The third kappa shape index (κ3) is 1.89. The van der Waals surface area contributed by atoms with Gasteiger partial charge in [-0.15, -0.1) is 0 Å². The van der Waals surface area contributed by atoms with Crippen molar-refractivity contribution in [2.24, 2.45) is 11.8 Å². The Labute approximate surface area is 81.0 Å². The summed E-state index contributed by atoms with van der Waals surface area (Å²) in [4.78, 5) is 0. The first-order valence-electron chi connectivity index (χ1n) is 5.55. The van der Waals surface area contributed by atoms with E-state index in [0.29, 0.717) is 5.54 Å². The fourth-order valence-electron chi connectivity index (χ4n) is 2.71. The van der Waals surface area contributed by atoms with Crippen molar-refractivity contribution in [1.29, 1.82) is 0 Å². The Kier molecular flexibility index (Phi) is 2.61. The van der Waals surface area contributed by atoms with Gasteiger partial charge in [0.05, 0.1) is 13.2 Å². The molecule has 1 heterocycles. The van der Waals surface area contributed by atoms with Crippen LogP contribution in [0.15, 0.2) is 0 Å². The zero-order chi connectivity index (χ0) is 9.31. The van der Waals surface area contributed by atoms with E-state index in [1.54, 1.807) is 0 Å². The van der Waals surface area contributed by atoms with Crippen LogP contribution in [0.3, 0.4) is 0 Å². The Morgan fingerprint density at radius 1 is 1.31 bits per heavy atom. The highest BCUT2D eigenvalue weighted by molar-refractivity contribution is 4.96. The summed E-state index contributed by atoms with van der Waals surface area (Å²) in [6.45, 7) is 7.62. The van der Waals surface area contributed by atoms with Crippen molar-refractivity contribution in [3.05, 3.63) is 0 Å². The maximum absolute atomic E-state index is 5.58. The van der Waals surface area contributed by atoms with Gasteiger partial charge in [0.1, 0.15) is 0 Å². The molecule has 1 saturated heterocycles. The summed E-state index contributed by atoms with van der Waals surface area (Å²) < 4.78 is 5.58. The first kappa shape index (κ1) is 9.47. The molecule has 1 saturated carbocycles. The first-order chi connectivity index (χ1) is 6.22. The molecule has 3 unspecified atom stereocenters. The summed E-state index contributed by atoms with van der Waals surface area (Å²) in [6, 6.07) is 0. The summed E-state index contributed by atoms with van der Waals surface area (Å²) in [5.74, 6) is 1.75. The molecule has 2 aliphatic rings. The summed E-state index contributed by atoms with van der Waals surface area (Å²) >= 11 is 0. The molecule has 1 aliphatic carbocycles. The standard InChI is InChI=1S/C11H21NO/c1-9-3-4-11(7-10(9)2)8-13-6-5-12-11/h9-10,12H,3-8H2,1-2H3. The van der Waals surface area contributed by atoms with E-state index < -0.39 is 0 Å². The molecule has 1 aliphatic heterocycles. The Morgan fingerprint density at radius 3 is 2.77 bits per heavy atom. The molecule has 2 rings (SSSR count). The zero-order valence-electron chi connectivity index (χ0n) is 8.81. The smallest absolute Gasteiger partial charge is 0.0649 e. The van der Waals surface area contributed by atoms with E-state index in [4.69, 9.17) is 4.74 Å². The van der Waals surface area contributed by atoms with Gasteiger partial charge in [-0.1, -0.05) is 13.8 Å². The van der Waals surface area contributed by atoms with Crippen LogP contribution in [0.1, 0.15) is 33.1 Å². The molecule has 2 nitrogen and oxygen atoms in total. The molecule has 2 heteroatoms. The van der Waals surface area contributed by atoms with E-state index in [2.05, 4.69) is 19.2 Å². The Morgan fingerprint density at radius 2 is 2.15 bits per heavy atom. The van der Waals surface area contributed by atoms with Gasteiger partial charge in [0.15, 0.2) is 0 Å². The van der Waals surface area contributed by atoms with Crippen molar-refractivity contribution < 1.29 is 4.74 Å². The molecule has 0 aromatic heterocycles. The average Bonchev–Trinajstić information content (AvgIpc) is 2.14. The Bertz CT molecular complexity index is 175. The minimum atomic E-state index is 0.337. The van der Waals surface area contributed by atoms with Crippen LogP contribution >= 0.6 is 0 Å². The largest absolute Gasteiger partial charge is 0.378 e. The van der Waals surface area contributed by atoms with E-state index in [1.165, 1.54) is 19.3 Å². The van der Waals surface area contributed by atoms with Gasteiger partial charge in [-0.2, -0.15) is 0 Å². The summed E-state index contributed by atoms with van der Waals surface area (Å²) in [5, 5.41) is 3.66. The quantitative estimate of drug-likeness (QED) is 0.618. The van der Waals surface area contributed by atoms with Gasteiger partial charge in [0.2, 0.25) is 0 Å². The number of nitrogens with one attached hydrogen (secondary N) is 1. The molecule has 0 amide bonds. The Hall–Kier alpha value is -0.0800. The van der Waals surface area contributed by atoms with Gasteiger partial charge in [-0.3, -0.25) is 0 Å². The lowest BCUT2D eigenvalue weighted by Gasteiger charge is -2.45. The second-order valence-electron chi connectivity index (χ2n) is 4.96. The lowest BCUT2D eigenvalue weighted by molar-refractivity contribution is -0.00947. The molecule has 0 aromatic carbocycles. The van der Waals surface area contributed by atoms with Gasteiger partial charge >= 0.3 is 0 Å². The van der Waals surface area contributed by atoms with Crippen molar-refractivity contribution in [3.63, 3.8) is 0 Å². The van der Waals surface area contributed by atoms with Crippen LogP contribution in [0.5, 0.6) is 0 Å². The average molecular weight is 183 g/mol. The Balaban J connectivity index is 1.99. The molecule has 13 heavy (non-hydrogen) atoms. The summed E-state index contributed by atoms with van der Waals surface area (Å²) in [7, 11) is 0. The molecule has 0 bridgehead atoms. The zero-order valence-corrected chi connectivity index (χ0v) is 8.81. The van der Waals surface area contributed by atoms with Gasteiger partial charge in [0.25, 0.3) is 0 Å². The summed E-state index contributed by atoms with van der Waals surface area (Å²) in [5.41, 5.74) is 0.337. The highest BCUT2D eigenvalue weighted by atomic mass is 16.5. The van der Waals surface area contributed by atoms with Crippen molar-refractivity contribution in [3.8, 4) is 0 Å². The third-order valence-corrected chi connectivity index (χ3v) is 3.89. The van der Waals surface area contributed by atoms with Crippen molar-refractivity contribution in [2.45, 2.75) is 38.6 Å². The van der Waals surface area contributed by atoms with Crippen LogP contribution in [0.2, 0.25) is 0 Å². The van der Waals surface area contributed by atoms with Crippen LogP contribution in [0.4, 0.5) is 0 Å². The third-order valence-electron chi connectivity index (χ3n) is 3.89. The van der Waals surface area contributed by atoms with Crippen LogP contribution in [-0.4, -0.2) is 25.3 Å². The number of ether oxygens (including phenoxy) is 1. The van der Waals surface area contributed by atoms with E-state index in [9.17, 15) is 0 Å². The molecule has 1 spiro atoms. The van der Waals surface area contributed by atoms with Crippen LogP contribution in [0, 0.1) is 11.8 Å². The minimum Gasteiger partial charge on any atom is -0.378 e.